The molecule has 0 aliphatic heterocycles. The van der Waals surface area contributed by atoms with Gasteiger partial charge >= 0.3 is 0 Å². The summed E-state index contributed by atoms with van der Waals surface area (Å²) in [6, 6.07) is 14.8. The number of carbonyl (C=O) groups excluding carboxylic acids is 3. The Balaban J connectivity index is 1.51. The van der Waals surface area contributed by atoms with Crippen LogP contribution in [0.15, 0.2) is 52.9 Å². The first-order chi connectivity index (χ1) is 12.9. The molecular weight excluding hydrogens is 344 g/mol. The molecule has 0 aliphatic rings. The van der Waals surface area contributed by atoms with E-state index in [1.165, 1.54) is 0 Å². The third-order valence-corrected chi connectivity index (χ3v) is 4.25. The lowest BCUT2D eigenvalue weighted by Gasteiger charge is -2.07. The molecule has 2 N–H and O–H groups in total. The summed E-state index contributed by atoms with van der Waals surface area (Å²) in [5.74, 6) is 0.0770. The molecule has 0 saturated carbocycles. The van der Waals surface area contributed by atoms with E-state index in [-0.39, 0.29) is 18.6 Å². The molecule has 0 bridgehead atoms. The van der Waals surface area contributed by atoms with E-state index >= 15 is 0 Å². The zero-order chi connectivity index (χ0) is 19.4. The molecule has 2 aromatic carbocycles. The van der Waals surface area contributed by atoms with Crippen LogP contribution < -0.4 is 10.9 Å². The van der Waals surface area contributed by atoms with Gasteiger partial charge in [0.2, 0.25) is 5.91 Å². The molecule has 6 nitrogen and oxygen atoms in total. The van der Waals surface area contributed by atoms with Gasteiger partial charge in [0.15, 0.2) is 5.78 Å². The Morgan fingerprint density at radius 3 is 2.33 bits per heavy atom. The van der Waals surface area contributed by atoms with Crippen LogP contribution in [0.3, 0.4) is 0 Å². The van der Waals surface area contributed by atoms with Gasteiger partial charge < -0.3 is 4.42 Å². The molecule has 6 heteroatoms. The van der Waals surface area contributed by atoms with E-state index in [4.69, 9.17) is 4.42 Å². The molecule has 0 spiro atoms. The van der Waals surface area contributed by atoms with Gasteiger partial charge in [-0.2, -0.15) is 0 Å². The number of carbonyl (C=O) groups is 3. The molecule has 0 radical (unpaired) electrons. The molecule has 27 heavy (non-hydrogen) atoms. The van der Waals surface area contributed by atoms with Crippen LogP contribution in [0.25, 0.3) is 10.8 Å². The van der Waals surface area contributed by atoms with Crippen molar-refractivity contribution in [2.24, 2.45) is 0 Å². The Hall–Kier alpha value is -3.41. The van der Waals surface area contributed by atoms with Crippen molar-refractivity contribution in [3.8, 4) is 0 Å². The predicted octanol–water partition coefficient (Wildman–Crippen LogP) is 3.47. The van der Waals surface area contributed by atoms with E-state index in [1.54, 1.807) is 26.0 Å². The molecule has 0 fully saturated rings. The molecule has 0 aliphatic carbocycles. The number of amides is 2. The van der Waals surface area contributed by atoms with E-state index in [1.807, 2.05) is 36.4 Å². The van der Waals surface area contributed by atoms with Crippen LogP contribution in [0.4, 0.5) is 0 Å². The van der Waals surface area contributed by atoms with E-state index in [0.29, 0.717) is 22.6 Å². The number of fused-ring (bicyclic) bond motifs is 1. The summed E-state index contributed by atoms with van der Waals surface area (Å²) in [4.78, 5) is 36.3. The molecule has 0 unspecified atom stereocenters. The van der Waals surface area contributed by atoms with Crippen LogP contribution in [0.5, 0.6) is 0 Å². The number of hydrogen-bond donors (Lipinski definition) is 2. The van der Waals surface area contributed by atoms with Gasteiger partial charge in [-0.15, -0.1) is 0 Å². The Morgan fingerprint density at radius 2 is 1.63 bits per heavy atom. The topological polar surface area (TPSA) is 88.4 Å². The molecule has 1 heterocycles. The standard InChI is InChI=1S/C21H20N2O4/c1-13-11-18(14(2)27-13)21(26)23-22-20(25)10-9-19(24)17-8-7-15-5-3-4-6-16(15)12-17/h3-8,11-12H,9-10H2,1-2H3,(H,22,25)(H,23,26). The lowest BCUT2D eigenvalue weighted by Crippen LogP contribution is -2.41. The number of nitrogens with one attached hydrogen (secondary N) is 2. The maximum absolute atomic E-state index is 12.3. The maximum atomic E-state index is 12.3. The van der Waals surface area contributed by atoms with Crippen molar-refractivity contribution in [3.63, 3.8) is 0 Å². The number of furan rings is 1. The number of hydrogen-bond acceptors (Lipinski definition) is 4. The fraction of sp³-hybridized carbons (Fsp3) is 0.190. The van der Waals surface area contributed by atoms with Crippen LogP contribution >= 0.6 is 0 Å². The lowest BCUT2D eigenvalue weighted by atomic mass is 10.0. The van der Waals surface area contributed by atoms with Crippen molar-refractivity contribution in [2.45, 2.75) is 26.7 Å². The first-order valence-electron chi connectivity index (χ1n) is 8.62. The van der Waals surface area contributed by atoms with Crippen molar-refractivity contribution in [1.82, 2.24) is 10.9 Å². The highest BCUT2D eigenvalue weighted by Crippen LogP contribution is 2.17. The fourth-order valence-corrected chi connectivity index (χ4v) is 2.85. The zero-order valence-corrected chi connectivity index (χ0v) is 15.2. The molecule has 3 aromatic rings. The highest BCUT2D eigenvalue weighted by Gasteiger charge is 2.15. The zero-order valence-electron chi connectivity index (χ0n) is 15.2. The van der Waals surface area contributed by atoms with Crippen LogP contribution in [-0.4, -0.2) is 17.6 Å². The minimum atomic E-state index is -0.460. The van der Waals surface area contributed by atoms with Gasteiger partial charge in [-0.05, 0) is 36.8 Å². The number of aryl methyl sites for hydroxylation is 2. The second-order valence-electron chi connectivity index (χ2n) is 6.31. The number of benzene rings is 2. The Bertz CT molecular complexity index is 1020. The van der Waals surface area contributed by atoms with Crippen molar-refractivity contribution < 1.29 is 18.8 Å². The van der Waals surface area contributed by atoms with E-state index < -0.39 is 11.8 Å². The van der Waals surface area contributed by atoms with Crippen LogP contribution in [-0.2, 0) is 4.79 Å². The third kappa shape index (κ3) is 4.41. The Labute approximate surface area is 156 Å². The summed E-state index contributed by atoms with van der Waals surface area (Å²) in [5.41, 5.74) is 5.58. The quantitative estimate of drug-likeness (QED) is 0.536. The molecular formula is C21H20N2O4. The first-order valence-corrected chi connectivity index (χ1v) is 8.62. The number of ketones is 1. The molecule has 2 amide bonds. The number of hydrazine groups is 1. The highest BCUT2D eigenvalue weighted by atomic mass is 16.3. The average molecular weight is 364 g/mol. The van der Waals surface area contributed by atoms with Gasteiger partial charge in [0.25, 0.3) is 5.91 Å². The predicted molar refractivity (Wildman–Crippen MR) is 101 cm³/mol. The Kier molecular flexibility index (Phi) is 5.35. The number of rotatable bonds is 5. The Morgan fingerprint density at radius 1 is 0.889 bits per heavy atom. The summed E-state index contributed by atoms with van der Waals surface area (Å²) in [6.45, 7) is 3.41. The molecule has 0 atom stereocenters. The average Bonchev–Trinajstić information content (AvgIpc) is 3.01. The highest BCUT2D eigenvalue weighted by molar-refractivity contribution is 6.01. The second kappa shape index (κ2) is 7.86. The van der Waals surface area contributed by atoms with E-state index in [2.05, 4.69) is 10.9 Å². The summed E-state index contributed by atoms with van der Waals surface area (Å²) in [5, 5.41) is 2.03. The SMILES string of the molecule is Cc1cc(C(=O)NNC(=O)CCC(=O)c2ccc3ccccc3c2)c(C)o1. The monoisotopic (exact) mass is 364 g/mol. The summed E-state index contributed by atoms with van der Waals surface area (Å²) < 4.78 is 5.28. The molecule has 1 aromatic heterocycles. The minimum absolute atomic E-state index is 0.0185. The van der Waals surface area contributed by atoms with Crippen molar-refractivity contribution in [3.05, 3.63) is 71.2 Å². The van der Waals surface area contributed by atoms with Gasteiger partial charge in [0.05, 0.1) is 5.56 Å². The molecule has 0 saturated heterocycles. The normalized spacial score (nSPS) is 10.6. The first kappa shape index (κ1) is 18.4. The second-order valence-corrected chi connectivity index (χ2v) is 6.31. The van der Waals surface area contributed by atoms with Crippen molar-refractivity contribution in [1.29, 1.82) is 0 Å². The van der Waals surface area contributed by atoms with E-state index in [0.717, 1.165) is 10.8 Å². The van der Waals surface area contributed by atoms with Gasteiger partial charge in [-0.1, -0.05) is 36.4 Å². The fourth-order valence-electron chi connectivity index (χ4n) is 2.85. The van der Waals surface area contributed by atoms with Gasteiger partial charge in [-0.3, -0.25) is 25.2 Å². The summed E-state index contributed by atoms with van der Waals surface area (Å²) in [7, 11) is 0. The van der Waals surface area contributed by atoms with Crippen molar-refractivity contribution in [2.75, 3.05) is 0 Å². The van der Waals surface area contributed by atoms with Crippen LogP contribution in [0, 0.1) is 13.8 Å². The lowest BCUT2D eigenvalue weighted by molar-refractivity contribution is -0.121. The third-order valence-electron chi connectivity index (χ3n) is 4.25. The largest absolute Gasteiger partial charge is 0.466 e. The number of Topliss-reactive ketones (excluding diaryl/α,β-unsaturated/α-hetero) is 1. The van der Waals surface area contributed by atoms with Gasteiger partial charge in [0, 0.05) is 18.4 Å². The minimum Gasteiger partial charge on any atom is -0.466 e. The summed E-state index contributed by atoms with van der Waals surface area (Å²) >= 11 is 0. The van der Waals surface area contributed by atoms with Gasteiger partial charge in [0.1, 0.15) is 11.5 Å². The van der Waals surface area contributed by atoms with Crippen LogP contribution in [0.2, 0.25) is 0 Å². The van der Waals surface area contributed by atoms with Crippen molar-refractivity contribution >= 4 is 28.4 Å². The maximum Gasteiger partial charge on any atom is 0.273 e. The van der Waals surface area contributed by atoms with Gasteiger partial charge in [-0.25, -0.2) is 0 Å². The molecule has 138 valence electrons. The summed E-state index contributed by atoms with van der Waals surface area (Å²) in [6.07, 6.45) is 0.0409. The molecule has 3 rings (SSSR count). The van der Waals surface area contributed by atoms with E-state index in [9.17, 15) is 14.4 Å². The van der Waals surface area contributed by atoms with Crippen LogP contribution in [0.1, 0.15) is 45.1 Å². The smallest absolute Gasteiger partial charge is 0.273 e.